The van der Waals surface area contributed by atoms with Gasteiger partial charge in [0.2, 0.25) is 17.7 Å². The number of amides is 3. The van der Waals surface area contributed by atoms with Gasteiger partial charge in [-0.3, -0.25) is 19.4 Å². The van der Waals surface area contributed by atoms with E-state index in [1.54, 1.807) is 6.92 Å². The first-order chi connectivity index (χ1) is 14.4. The molecular weight excluding hydrogens is 400 g/mol. The van der Waals surface area contributed by atoms with E-state index in [1.807, 2.05) is 27.7 Å². The first-order valence-corrected chi connectivity index (χ1v) is 10.9. The van der Waals surface area contributed by atoms with Crippen molar-refractivity contribution < 1.29 is 19.2 Å². The molecule has 10 nitrogen and oxygen atoms in total. The van der Waals surface area contributed by atoms with Crippen LogP contribution < -0.4 is 22.5 Å². The van der Waals surface area contributed by atoms with Gasteiger partial charge < -0.3 is 32.2 Å². The highest BCUT2D eigenvalue weighted by atomic mass is 16.2. The Balaban J connectivity index is 6.04. The number of carbonyl (C=O) groups is 4. The summed E-state index contributed by atoms with van der Waals surface area (Å²) in [6, 6.07) is -2.73. The number of hydrogen-bond acceptors (Lipinski definition) is 5. The number of guanidine groups is 1. The van der Waals surface area contributed by atoms with Crippen LogP contribution in [0.2, 0.25) is 0 Å². The molecule has 178 valence electrons. The second-order valence-corrected chi connectivity index (χ2v) is 8.55. The van der Waals surface area contributed by atoms with Crippen LogP contribution in [0.15, 0.2) is 4.99 Å². The Kier molecular flexibility index (Phi) is 13.1. The molecule has 7 N–H and O–H groups in total. The highest BCUT2D eigenvalue weighted by Crippen LogP contribution is 2.20. The Hall–Kier alpha value is -2.65. The summed E-state index contributed by atoms with van der Waals surface area (Å²) in [5.74, 6) is -1.38. The third kappa shape index (κ3) is 10.8. The van der Waals surface area contributed by atoms with Gasteiger partial charge in [0.05, 0.1) is 6.04 Å². The minimum atomic E-state index is -0.973. The second kappa shape index (κ2) is 14.4. The molecule has 0 saturated heterocycles. The number of rotatable bonds is 15. The van der Waals surface area contributed by atoms with Crippen molar-refractivity contribution in [3.63, 3.8) is 0 Å². The summed E-state index contributed by atoms with van der Waals surface area (Å²) in [7, 11) is 0. The van der Waals surface area contributed by atoms with Crippen molar-refractivity contribution in [2.45, 2.75) is 84.8 Å². The zero-order valence-electron chi connectivity index (χ0n) is 19.5. The van der Waals surface area contributed by atoms with E-state index in [0.717, 1.165) is 0 Å². The van der Waals surface area contributed by atoms with Crippen LogP contribution >= 0.6 is 0 Å². The smallest absolute Gasteiger partial charge is 0.246 e. The number of carbonyl (C=O) groups excluding carboxylic acids is 4. The van der Waals surface area contributed by atoms with Crippen molar-refractivity contribution in [1.29, 1.82) is 0 Å². The van der Waals surface area contributed by atoms with Gasteiger partial charge in [-0.2, -0.15) is 0 Å². The largest absolute Gasteiger partial charge is 0.370 e. The van der Waals surface area contributed by atoms with Gasteiger partial charge >= 0.3 is 0 Å². The quantitative estimate of drug-likeness (QED) is 0.123. The highest BCUT2D eigenvalue weighted by molar-refractivity contribution is 5.93. The van der Waals surface area contributed by atoms with Gasteiger partial charge in [-0.1, -0.05) is 34.6 Å². The molecule has 0 bridgehead atoms. The van der Waals surface area contributed by atoms with Gasteiger partial charge in [-0.15, -0.1) is 0 Å². The molecule has 0 fully saturated rings. The summed E-state index contributed by atoms with van der Waals surface area (Å²) >= 11 is 0. The lowest BCUT2D eigenvalue weighted by Gasteiger charge is -2.37. The van der Waals surface area contributed by atoms with Gasteiger partial charge in [0.15, 0.2) is 5.96 Å². The number of nitrogens with two attached hydrogens (primary N) is 3. The standard InChI is InChI=1S/C21H40N6O4/c1-6-18(29)26-16(10-13(2)3)20(31)27(17(19(22)30)11-14(4)5)15(12-28)8-7-9-25-21(23)24/h12-17H,6-11H2,1-5H3,(H2,22,30)(H,26,29)(H4,23,24,25)/t15?,16-,17-/m0/s1. The predicted molar refractivity (Wildman–Crippen MR) is 121 cm³/mol. The van der Waals surface area contributed by atoms with Crippen LogP contribution in [-0.2, 0) is 19.2 Å². The Morgan fingerprint density at radius 2 is 1.61 bits per heavy atom. The maximum Gasteiger partial charge on any atom is 0.246 e. The zero-order chi connectivity index (χ0) is 24.1. The lowest BCUT2D eigenvalue weighted by atomic mass is 9.95. The van der Waals surface area contributed by atoms with Crippen LogP contribution in [-0.4, -0.2) is 59.5 Å². The van der Waals surface area contributed by atoms with E-state index in [9.17, 15) is 19.2 Å². The predicted octanol–water partition coefficient (Wildman–Crippen LogP) is 0.277. The fourth-order valence-corrected chi connectivity index (χ4v) is 3.31. The molecule has 0 spiro atoms. The summed E-state index contributed by atoms with van der Waals surface area (Å²) in [4.78, 5) is 55.1. The van der Waals surface area contributed by atoms with Crippen molar-refractivity contribution in [1.82, 2.24) is 10.2 Å². The molecule has 3 amide bonds. The van der Waals surface area contributed by atoms with Crippen LogP contribution in [0.3, 0.4) is 0 Å². The average Bonchev–Trinajstić information content (AvgIpc) is 2.67. The van der Waals surface area contributed by atoms with Crippen LogP contribution in [0.5, 0.6) is 0 Å². The van der Waals surface area contributed by atoms with Crippen LogP contribution in [0.1, 0.15) is 66.7 Å². The molecule has 0 aromatic carbocycles. The SMILES string of the molecule is CCC(=O)N[C@@H](CC(C)C)C(=O)N(C(C=O)CCCN=C(N)N)[C@@H](CC(C)C)C(N)=O. The van der Waals surface area contributed by atoms with Gasteiger partial charge in [-0.25, -0.2) is 0 Å². The minimum absolute atomic E-state index is 0.0514. The second-order valence-electron chi connectivity index (χ2n) is 8.55. The topological polar surface area (TPSA) is 174 Å². The van der Waals surface area contributed by atoms with Crippen LogP contribution in [0.4, 0.5) is 0 Å². The van der Waals surface area contributed by atoms with Gasteiger partial charge in [0, 0.05) is 13.0 Å². The Morgan fingerprint density at radius 1 is 1.03 bits per heavy atom. The fraction of sp³-hybridized carbons (Fsp3) is 0.762. The molecule has 0 rings (SSSR count). The van der Waals surface area contributed by atoms with E-state index in [1.165, 1.54) is 4.90 Å². The maximum absolute atomic E-state index is 13.6. The highest BCUT2D eigenvalue weighted by Gasteiger charge is 2.38. The first-order valence-electron chi connectivity index (χ1n) is 10.9. The molecule has 0 aromatic rings. The Bertz CT molecular complexity index is 631. The molecule has 0 heterocycles. The van der Waals surface area contributed by atoms with E-state index >= 15 is 0 Å². The number of aliphatic imine (C=N–C) groups is 1. The van der Waals surface area contributed by atoms with Crippen molar-refractivity contribution in [2.75, 3.05) is 6.54 Å². The van der Waals surface area contributed by atoms with Crippen molar-refractivity contribution in [3.8, 4) is 0 Å². The number of primary amides is 1. The van der Waals surface area contributed by atoms with Gasteiger partial charge in [-0.05, 0) is 37.5 Å². The average molecular weight is 441 g/mol. The molecule has 31 heavy (non-hydrogen) atoms. The molecule has 0 radical (unpaired) electrons. The van der Waals surface area contributed by atoms with E-state index < -0.39 is 29.9 Å². The number of hydrogen-bond donors (Lipinski definition) is 4. The van der Waals surface area contributed by atoms with E-state index in [4.69, 9.17) is 17.2 Å². The third-order valence-corrected chi connectivity index (χ3v) is 4.74. The molecule has 0 saturated carbocycles. The zero-order valence-corrected chi connectivity index (χ0v) is 19.5. The molecule has 0 aliphatic carbocycles. The number of aldehydes is 1. The first kappa shape index (κ1) is 28.4. The van der Waals surface area contributed by atoms with Gasteiger partial charge in [0.25, 0.3) is 0 Å². The number of nitrogens with zero attached hydrogens (tertiary/aromatic N) is 2. The fourth-order valence-electron chi connectivity index (χ4n) is 3.31. The Labute approximate surface area is 185 Å². The summed E-state index contributed by atoms with van der Waals surface area (Å²) in [5, 5.41) is 2.73. The van der Waals surface area contributed by atoms with Crippen molar-refractivity contribution in [2.24, 2.45) is 34.0 Å². The normalized spacial score (nSPS) is 13.9. The molecular formula is C21H40N6O4. The maximum atomic E-state index is 13.6. The monoisotopic (exact) mass is 440 g/mol. The molecule has 3 atom stereocenters. The van der Waals surface area contributed by atoms with E-state index in [-0.39, 0.29) is 43.1 Å². The van der Waals surface area contributed by atoms with Crippen molar-refractivity contribution >= 4 is 30.0 Å². The van der Waals surface area contributed by atoms with Crippen molar-refractivity contribution in [3.05, 3.63) is 0 Å². The van der Waals surface area contributed by atoms with Gasteiger partial charge in [0.1, 0.15) is 18.4 Å². The third-order valence-electron chi connectivity index (χ3n) is 4.74. The lowest BCUT2D eigenvalue weighted by molar-refractivity contribution is -0.147. The van der Waals surface area contributed by atoms with E-state index in [2.05, 4.69) is 10.3 Å². The lowest BCUT2D eigenvalue weighted by Crippen LogP contribution is -2.59. The Morgan fingerprint density at radius 3 is 2.03 bits per heavy atom. The number of nitrogens with one attached hydrogen (secondary N) is 1. The molecule has 0 aliphatic heterocycles. The summed E-state index contributed by atoms with van der Waals surface area (Å²) < 4.78 is 0. The molecule has 10 heteroatoms. The molecule has 0 aliphatic rings. The molecule has 0 aromatic heterocycles. The molecule has 1 unspecified atom stereocenters. The summed E-state index contributed by atoms with van der Waals surface area (Å²) in [6.07, 6.45) is 2.20. The summed E-state index contributed by atoms with van der Waals surface area (Å²) in [5.41, 5.74) is 16.3. The minimum Gasteiger partial charge on any atom is -0.370 e. The summed E-state index contributed by atoms with van der Waals surface area (Å²) in [6.45, 7) is 9.62. The van der Waals surface area contributed by atoms with E-state index in [0.29, 0.717) is 25.5 Å². The van der Waals surface area contributed by atoms with Crippen LogP contribution in [0.25, 0.3) is 0 Å². The van der Waals surface area contributed by atoms with Crippen LogP contribution in [0, 0.1) is 11.8 Å².